The summed E-state index contributed by atoms with van der Waals surface area (Å²) in [7, 11) is 0. The van der Waals surface area contributed by atoms with E-state index in [1.54, 1.807) is 0 Å². The van der Waals surface area contributed by atoms with E-state index in [9.17, 15) is 0 Å². The third kappa shape index (κ3) is 3.93. The average molecular weight is 303 g/mol. The summed E-state index contributed by atoms with van der Waals surface area (Å²) in [5.41, 5.74) is 2.33. The molecule has 16 heavy (non-hydrogen) atoms. The van der Waals surface area contributed by atoms with Crippen molar-refractivity contribution in [3.05, 3.63) is 38.8 Å². The maximum absolute atomic E-state index is 6.14. The molecule has 1 atom stereocenters. The fraction of sp³-hybridized carbons (Fsp3) is 0.385. The van der Waals surface area contributed by atoms with Gasteiger partial charge in [0.1, 0.15) is 0 Å². The van der Waals surface area contributed by atoms with Gasteiger partial charge in [-0.05, 0) is 44.2 Å². The van der Waals surface area contributed by atoms with Gasteiger partial charge in [0.2, 0.25) is 0 Å². The number of rotatable bonds is 4. The zero-order chi connectivity index (χ0) is 12.1. The van der Waals surface area contributed by atoms with E-state index in [2.05, 4.69) is 48.1 Å². The van der Waals surface area contributed by atoms with Gasteiger partial charge in [-0.3, -0.25) is 0 Å². The quantitative estimate of drug-likeness (QED) is 0.863. The van der Waals surface area contributed by atoms with E-state index in [0.717, 1.165) is 21.6 Å². The van der Waals surface area contributed by atoms with Crippen molar-refractivity contribution in [2.24, 2.45) is 0 Å². The van der Waals surface area contributed by atoms with Gasteiger partial charge in [-0.2, -0.15) is 0 Å². The highest BCUT2D eigenvalue weighted by atomic mass is 79.9. The number of hydrogen-bond acceptors (Lipinski definition) is 1. The Hall–Kier alpha value is -0.310. The number of nitrogens with one attached hydrogen (secondary N) is 1. The first-order chi connectivity index (χ1) is 7.54. The van der Waals surface area contributed by atoms with Crippen molar-refractivity contribution in [2.75, 3.05) is 6.54 Å². The molecule has 0 fully saturated rings. The summed E-state index contributed by atoms with van der Waals surface area (Å²) in [5.74, 6) is 0. The largest absolute Gasteiger partial charge is 0.311 e. The van der Waals surface area contributed by atoms with Crippen molar-refractivity contribution < 1.29 is 0 Å². The molecule has 0 saturated carbocycles. The molecule has 0 bridgehead atoms. The minimum Gasteiger partial charge on any atom is -0.311 e. The van der Waals surface area contributed by atoms with E-state index >= 15 is 0 Å². The van der Waals surface area contributed by atoms with Crippen molar-refractivity contribution in [1.82, 2.24) is 5.32 Å². The zero-order valence-electron chi connectivity index (χ0n) is 9.85. The van der Waals surface area contributed by atoms with Crippen LogP contribution < -0.4 is 5.32 Å². The van der Waals surface area contributed by atoms with Gasteiger partial charge in [-0.15, -0.1) is 0 Å². The lowest BCUT2D eigenvalue weighted by atomic mass is 10.1. The van der Waals surface area contributed by atoms with Gasteiger partial charge in [0.05, 0.1) is 0 Å². The van der Waals surface area contributed by atoms with E-state index in [-0.39, 0.29) is 0 Å². The minimum atomic E-state index is 0.375. The summed E-state index contributed by atoms with van der Waals surface area (Å²) < 4.78 is 1.05. The molecule has 1 aromatic carbocycles. The first-order valence-corrected chi connectivity index (χ1v) is 6.58. The molecule has 3 heteroatoms. The van der Waals surface area contributed by atoms with Gasteiger partial charge in [0.25, 0.3) is 0 Å². The van der Waals surface area contributed by atoms with E-state index in [1.807, 2.05) is 18.2 Å². The lowest BCUT2D eigenvalue weighted by Crippen LogP contribution is -2.26. The molecule has 0 aromatic heterocycles. The maximum Gasteiger partial charge on any atom is 0.0479 e. The molecule has 0 amide bonds. The van der Waals surface area contributed by atoms with Crippen LogP contribution in [-0.2, 0) is 0 Å². The number of likely N-dealkylation sites (N-methyl/N-ethyl adjacent to an activating group) is 1. The molecule has 0 saturated heterocycles. The predicted octanol–water partition coefficient (Wildman–Crippen LogP) is 4.50. The lowest BCUT2D eigenvalue weighted by molar-refractivity contribution is 0.636. The Morgan fingerprint density at radius 3 is 2.88 bits per heavy atom. The number of hydrogen-bond donors (Lipinski definition) is 1. The fourth-order valence-electron chi connectivity index (χ4n) is 1.46. The molecule has 1 unspecified atom stereocenters. The second-order valence-electron chi connectivity index (χ2n) is 3.83. The number of halogens is 2. The Kier molecular flexibility index (Phi) is 5.53. The van der Waals surface area contributed by atoms with Gasteiger partial charge in [-0.25, -0.2) is 0 Å². The normalized spacial score (nSPS) is 13.9. The van der Waals surface area contributed by atoms with Crippen LogP contribution in [-0.4, -0.2) is 12.6 Å². The lowest BCUT2D eigenvalue weighted by Gasteiger charge is -2.13. The van der Waals surface area contributed by atoms with E-state index in [1.165, 1.54) is 5.57 Å². The van der Waals surface area contributed by atoms with Crippen molar-refractivity contribution in [2.45, 2.75) is 26.8 Å². The van der Waals surface area contributed by atoms with Crippen molar-refractivity contribution in [3.8, 4) is 0 Å². The molecule has 0 heterocycles. The minimum absolute atomic E-state index is 0.375. The van der Waals surface area contributed by atoms with Crippen LogP contribution in [0.4, 0.5) is 0 Å². The first-order valence-electron chi connectivity index (χ1n) is 5.41. The molecule has 1 aromatic rings. The standard InChI is InChI=1S/C13H17BrClN/c1-4-16-10(3)9(2)7-11-8-12(14)5-6-13(11)15/h5-8,10,16H,4H2,1-3H3/b9-7+. The van der Waals surface area contributed by atoms with Crippen molar-refractivity contribution in [1.29, 1.82) is 0 Å². The molecule has 1 N–H and O–H groups in total. The van der Waals surface area contributed by atoms with E-state index in [4.69, 9.17) is 11.6 Å². The topological polar surface area (TPSA) is 12.0 Å². The molecule has 0 radical (unpaired) electrons. The summed E-state index contributed by atoms with van der Waals surface area (Å²) in [5, 5.41) is 4.16. The Balaban J connectivity index is 2.92. The molecule has 0 aliphatic carbocycles. The molecule has 0 aliphatic heterocycles. The van der Waals surface area contributed by atoms with Crippen LogP contribution in [0.1, 0.15) is 26.3 Å². The number of benzene rings is 1. The Morgan fingerprint density at radius 1 is 1.56 bits per heavy atom. The summed E-state index contributed by atoms with van der Waals surface area (Å²) in [6, 6.07) is 6.26. The van der Waals surface area contributed by atoms with Crippen LogP contribution >= 0.6 is 27.5 Å². The molecule has 88 valence electrons. The highest BCUT2D eigenvalue weighted by Gasteiger charge is 2.04. The summed E-state index contributed by atoms with van der Waals surface area (Å²) in [6.45, 7) is 7.35. The summed E-state index contributed by atoms with van der Waals surface area (Å²) in [4.78, 5) is 0. The fourth-order valence-corrected chi connectivity index (χ4v) is 2.01. The van der Waals surface area contributed by atoms with Gasteiger partial charge in [0, 0.05) is 15.5 Å². The second-order valence-corrected chi connectivity index (χ2v) is 5.16. The van der Waals surface area contributed by atoms with E-state index in [0.29, 0.717) is 6.04 Å². The average Bonchev–Trinajstić information content (AvgIpc) is 2.23. The first kappa shape index (κ1) is 13.8. The monoisotopic (exact) mass is 301 g/mol. The predicted molar refractivity (Wildman–Crippen MR) is 75.9 cm³/mol. The highest BCUT2D eigenvalue weighted by molar-refractivity contribution is 9.10. The Morgan fingerprint density at radius 2 is 2.25 bits per heavy atom. The Labute approximate surface area is 111 Å². The molecule has 1 rings (SSSR count). The van der Waals surface area contributed by atoms with Crippen molar-refractivity contribution in [3.63, 3.8) is 0 Å². The van der Waals surface area contributed by atoms with Gasteiger partial charge in [-0.1, -0.05) is 46.1 Å². The molecular weight excluding hydrogens is 286 g/mol. The maximum atomic E-state index is 6.14. The van der Waals surface area contributed by atoms with Gasteiger partial charge < -0.3 is 5.32 Å². The van der Waals surface area contributed by atoms with E-state index < -0.39 is 0 Å². The van der Waals surface area contributed by atoms with Gasteiger partial charge >= 0.3 is 0 Å². The molecule has 1 nitrogen and oxygen atoms in total. The molecule has 0 aliphatic rings. The Bertz CT molecular complexity index is 388. The zero-order valence-corrected chi connectivity index (χ0v) is 12.2. The van der Waals surface area contributed by atoms with Crippen LogP contribution in [0.25, 0.3) is 6.08 Å². The smallest absolute Gasteiger partial charge is 0.0479 e. The van der Waals surface area contributed by atoms with Gasteiger partial charge in [0.15, 0.2) is 0 Å². The van der Waals surface area contributed by atoms with Crippen LogP contribution in [0, 0.1) is 0 Å². The molecular formula is C13H17BrClN. The molecule has 0 spiro atoms. The van der Waals surface area contributed by atoms with Crippen molar-refractivity contribution >= 4 is 33.6 Å². The van der Waals surface area contributed by atoms with Crippen LogP contribution in [0.2, 0.25) is 5.02 Å². The third-order valence-corrected chi connectivity index (χ3v) is 3.37. The highest BCUT2D eigenvalue weighted by Crippen LogP contribution is 2.23. The second kappa shape index (κ2) is 6.43. The van der Waals surface area contributed by atoms with Crippen LogP contribution in [0.3, 0.4) is 0 Å². The summed E-state index contributed by atoms with van der Waals surface area (Å²) >= 11 is 9.59. The SMILES string of the molecule is CCNC(C)/C(C)=C/c1cc(Br)ccc1Cl. The summed E-state index contributed by atoms with van der Waals surface area (Å²) in [6.07, 6.45) is 2.13. The third-order valence-electron chi connectivity index (χ3n) is 2.53. The van der Waals surface area contributed by atoms with Crippen LogP contribution in [0.15, 0.2) is 28.2 Å². The van der Waals surface area contributed by atoms with Crippen LogP contribution in [0.5, 0.6) is 0 Å².